The van der Waals surface area contributed by atoms with E-state index in [0.29, 0.717) is 5.69 Å². The van der Waals surface area contributed by atoms with Gasteiger partial charge in [0.25, 0.3) is 0 Å². The summed E-state index contributed by atoms with van der Waals surface area (Å²) in [5.74, 6) is -0.257. The van der Waals surface area contributed by atoms with E-state index in [1.165, 1.54) is 29.8 Å². The fourth-order valence-corrected chi connectivity index (χ4v) is 2.07. The van der Waals surface area contributed by atoms with Crippen LogP contribution in [0, 0.1) is 0 Å². The lowest BCUT2D eigenvalue weighted by Gasteiger charge is -2.08. The molecule has 0 saturated heterocycles. The van der Waals surface area contributed by atoms with Gasteiger partial charge in [-0.05, 0) is 55.2 Å². The predicted octanol–water partition coefficient (Wildman–Crippen LogP) is 5.84. The maximum atomic E-state index is 12.1. The van der Waals surface area contributed by atoms with E-state index in [-0.39, 0.29) is 5.75 Å². The number of benzene rings is 2. The van der Waals surface area contributed by atoms with Crippen molar-refractivity contribution in [2.45, 2.75) is 26.1 Å². The smallest absolute Gasteiger partial charge is 0.406 e. The molecule has 0 amide bonds. The molecule has 0 aromatic heterocycles. The Bertz CT molecular complexity index is 686. The van der Waals surface area contributed by atoms with Gasteiger partial charge in [-0.1, -0.05) is 36.4 Å². The molecule has 0 atom stereocenters. The minimum atomic E-state index is -4.68. The van der Waals surface area contributed by atoms with Gasteiger partial charge in [0.05, 0.1) is 5.69 Å². The van der Waals surface area contributed by atoms with Crippen LogP contribution in [0.2, 0.25) is 0 Å². The molecule has 0 N–H and O–H groups in total. The average Bonchev–Trinajstić information content (AvgIpc) is 2.54. The summed E-state index contributed by atoms with van der Waals surface area (Å²) < 4.78 is 40.1. The van der Waals surface area contributed by atoms with Crippen molar-refractivity contribution in [3.8, 4) is 5.75 Å². The van der Waals surface area contributed by atoms with Gasteiger partial charge in [0.15, 0.2) is 0 Å². The second kappa shape index (κ2) is 8.34. The van der Waals surface area contributed by atoms with Crippen LogP contribution in [-0.4, -0.2) is 12.6 Å². The molecule has 0 saturated carbocycles. The van der Waals surface area contributed by atoms with Crippen molar-refractivity contribution in [3.05, 3.63) is 71.8 Å². The molecule has 0 aliphatic carbocycles. The first kappa shape index (κ1) is 17.8. The van der Waals surface area contributed by atoms with E-state index in [0.717, 1.165) is 18.4 Å². The van der Waals surface area contributed by atoms with Gasteiger partial charge >= 0.3 is 6.36 Å². The van der Waals surface area contributed by atoms with Crippen molar-refractivity contribution in [2.75, 3.05) is 0 Å². The molecule has 126 valence electrons. The Morgan fingerprint density at radius 3 is 2.25 bits per heavy atom. The Morgan fingerprint density at radius 1 is 1.00 bits per heavy atom. The summed E-state index contributed by atoms with van der Waals surface area (Å²) >= 11 is 0. The molecule has 0 bridgehead atoms. The number of allylic oxidation sites excluding steroid dienone is 2. The van der Waals surface area contributed by atoms with Gasteiger partial charge in [0.1, 0.15) is 5.75 Å². The van der Waals surface area contributed by atoms with E-state index in [2.05, 4.69) is 15.8 Å². The third-order valence-corrected chi connectivity index (χ3v) is 3.25. The van der Waals surface area contributed by atoms with Gasteiger partial charge in [-0.3, -0.25) is 4.99 Å². The minimum Gasteiger partial charge on any atom is -0.406 e. The molecule has 0 spiro atoms. The molecular weight excluding hydrogens is 315 g/mol. The lowest BCUT2D eigenvalue weighted by molar-refractivity contribution is -0.274. The highest BCUT2D eigenvalue weighted by Crippen LogP contribution is 2.24. The van der Waals surface area contributed by atoms with E-state index >= 15 is 0 Å². The number of ether oxygens (including phenoxy) is 1. The zero-order valence-corrected chi connectivity index (χ0v) is 13.3. The van der Waals surface area contributed by atoms with Crippen molar-refractivity contribution in [3.63, 3.8) is 0 Å². The summed E-state index contributed by atoms with van der Waals surface area (Å²) in [6.45, 7) is 2.00. The van der Waals surface area contributed by atoms with Crippen LogP contribution in [0.5, 0.6) is 5.75 Å². The summed E-state index contributed by atoms with van der Waals surface area (Å²) in [7, 11) is 0. The summed E-state index contributed by atoms with van der Waals surface area (Å²) in [5, 5.41) is 0. The second-order valence-electron chi connectivity index (χ2n) is 5.15. The number of rotatable bonds is 6. The third-order valence-electron chi connectivity index (χ3n) is 3.25. The van der Waals surface area contributed by atoms with Crippen LogP contribution in [0.3, 0.4) is 0 Å². The number of hydrogen-bond acceptors (Lipinski definition) is 2. The Kier molecular flexibility index (Phi) is 6.18. The Balaban J connectivity index is 1.95. The molecule has 0 aliphatic rings. The maximum Gasteiger partial charge on any atom is 0.573 e. The van der Waals surface area contributed by atoms with Gasteiger partial charge in [-0.2, -0.15) is 0 Å². The molecule has 0 aliphatic heterocycles. The highest BCUT2D eigenvalue weighted by molar-refractivity contribution is 5.81. The lowest BCUT2D eigenvalue weighted by Crippen LogP contribution is -2.16. The topological polar surface area (TPSA) is 21.6 Å². The van der Waals surface area contributed by atoms with Crippen LogP contribution in [0.25, 0.3) is 0 Å². The number of halogens is 3. The first-order chi connectivity index (χ1) is 11.5. The fraction of sp³-hybridized carbons (Fsp3) is 0.211. The Morgan fingerprint density at radius 2 is 1.67 bits per heavy atom. The van der Waals surface area contributed by atoms with E-state index in [4.69, 9.17) is 0 Å². The van der Waals surface area contributed by atoms with E-state index in [1.807, 2.05) is 37.3 Å². The molecule has 0 radical (unpaired) electrons. The van der Waals surface area contributed by atoms with Crippen LogP contribution in [0.1, 0.15) is 24.5 Å². The maximum absolute atomic E-state index is 12.1. The lowest BCUT2D eigenvalue weighted by atomic mass is 10.1. The summed E-state index contributed by atoms with van der Waals surface area (Å²) in [5.41, 5.74) is 2.74. The molecule has 2 rings (SSSR count). The van der Waals surface area contributed by atoms with Crippen molar-refractivity contribution >= 4 is 11.9 Å². The molecule has 2 aromatic carbocycles. The van der Waals surface area contributed by atoms with E-state index in [9.17, 15) is 13.2 Å². The number of hydrogen-bond donors (Lipinski definition) is 0. The molecular formula is C19H18F3NO. The van der Waals surface area contributed by atoms with Crippen LogP contribution >= 0.6 is 0 Å². The minimum absolute atomic E-state index is 0.257. The fourth-order valence-electron chi connectivity index (χ4n) is 2.07. The number of aliphatic imine (C=N–C) groups is 1. The highest BCUT2D eigenvalue weighted by atomic mass is 19.4. The largest absolute Gasteiger partial charge is 0.573 e. The van der Waals surface area contributed by atoms with Gasteiger partial charge in [0, 0.05) is 6.21 Å². The molecule has 2 aromatic rings. The van der Waals surface area contributed by atoms with Gasteiger partial charge in [0.2, 0.25) is 0 Å². The SMILES string of the molecule is C/C=C/CCc1ccc(C=Nc2ccc(OC(F)(F)F)cc2)cc1. The average molecular weight is 333 g/mol. The van der Waals surface area contributed by atoms with Crippen molar-refractivity contribution in [1.29, 1.82) is 0 Å². The van der Waals surface area contributed by atoms with Crippen molar-refractivity contribution in [2.24, 2.45) is 4.99 Å². The molecule has 5 heteroatoms. The van der Waals surface area contributed by atoms with Gasteiger partial charge in [-0.15, -0.1) is 13.2 Å². The normalized spacial score (nSPS) is 12.2. The number of alkyl halides is 3. The van der Waals surface area contributed by atoms with Crippen molar-refractivity contribution < 1.29 is 17.9 Å². The summed E-state index contributed by atoms with van der Waals surface area (Å²) in [4.78, 5) is 4.25. The van der Waals surface area contributed by atoms with Crippen LogP contribution in [0.4, 0.5) is 18.9 Å². The van der Waals surface area contributed by atoms with Crippen molar-refractivity contribution in [1.82, 2.24) is 0 Å². The van der Waals surface area contributed by atoms with Crippen LogP contribution in [-0.2, 0) is 6.42 Å². The Hall–Kier alpha value is -2.56. The standard InChI is InChI=1S/C19H18F3NO/c1-2-3-4-5-15-6-8-16(9-7-15)14-23-17-10-12-18(13-11-17)24-19(20,21)22/h2-3,6-14H,4-5H2,1H3/b3-2+,23-14?. The number of aryl methyl sites for hydroxylation is 1. The van der Waals surface area contributed by atoms with E-state index in [1.54, 1.807) is 6.21 Å². The predicted molar refractivity (Wildman–Crippen MR) is 90.0 cm³/mol. The zero-order valence-electron chi connectivity index (χ0n) is 13.3. The molecule has 0 heterocycles. The Labute approximate surface area is 139 Å². The van der Waals surface area contributed by atoms with Gasteiger partial charge < -0.3 is 4.74 Å². The van der Waals surface area contributed by atoms with Gasteiger partial charge in [-0.25, -0.2) is 0 Å². The first-order valence-electron chi connectivity index (χ1n) is 7.56. The molecule has 24 heavy (non-hydrogen) atoms. The molecule has 2 nitrogen and oxygen atoms in total. The summed E-state index contributed by atoms with van der Waals surface area (Å²) in [6, 6.07) is 13.5. The second-order valence-corrected chi connectivity index (χ2v) is 5.15. The van der Waals surface area contributed by atoms with Crippen LogP contribution in [0.15, 0.2) is 65.7 Å². The molecule has 0 fully saturated rings. The highest BCUT2D eigenvalue weighted by Gasteiger charge is 2.30. The first-order valence-corrected chi connectivity index (χ1v) is 7.56. The van der Waals surface area contributed by atoms with Crippen LogP contribution < -0.4 is 4.74 Å². The molecule has 0 unspecified atom stereocenters. The summed E-state index contributed by atoms with van der Waals surface area (Å²) in [6.07, 6.45) is 3.15. The quantitative estimate of drug-likeness (QED) is 0.480. The third kappa shape index (κ3) is 6.28. The number of nitrogens with zero attached hydrogens (tertiary/aromatic N) is 1. The zero-order chi connectivity index (χ0) is 17.4. The van der Waals surface area contributed by atoms with E-state index < -0.39 is 6.36 Å². The monoisotopic (exact) mass is 333 g/mol.